The monoisotopic (exact) mass is 329 g/mol. The number of carbonyl (C=O) groups excluding carboxylic acids is 1. The minimum Gasteiger partial charge on any atom is -0.480 e. The van der Waals surface area contributed by atoms with Gasteiger partial charge in [0, 0.05) is 12.7 Å². The molecule has 0 fully saturated rings. The first-order valence-electron chi connectivity index (χ1n) is 7.87. The molecule has 1 aromatic heterocycles. The van der Waals surface area contributed by atoms with Crippen molar-refractivity contribution in [2.45, 2.75) is 32.7 Å². The largest absolute Gasteiger partial charge is 0.480 e. The Kier molecular flexibility index (Phi) is 5.39. The molecular weight excluding hydrogens is 306 g/mol. The van der Waals surface area contributed by atoms with Crippen molar-refractivity contribution < 1.29 is 14.7 Å². The Balaban J connectivity index is 2.13. The van der Waals surface area contributed by atoms with Crippen molar-refractivity contribution in [2.24, 2.45) is 0 Å². The van der Waals surface area contributed by atoms with Gasteiger partial charge in [-0.15, -0.1) is 0 Å². The summed E-state index contributed by atoms with van der Waals surface area (Å²) in [6.45, 7) is 5.97. The van der Waals surface area contributed by atoms with Gasteiger partial charge in [-0.1, -0.05) is 30.3 Å². The minimum absolute atomic E-state index is 0.236. The topological polar surface area (TPSA) is 75.4 Å². The molecule has 0 unspecified atom stereocenters. The summed E-state index contributed by atoms with van der Waals surface area (Å²) in [5.74, 6) is -1.34. The highest BCUT2D eigenvalue weighted by atomic mass is 16.4. The predicted octanol–water partition coefficient (Wildman–Crippen LogP) is 2.41. The fourth-order valence-corrected chi connectivity index (χ4v) is 2.31. The van der Waals surface area contributed by atoms with E-state index in [4.69, 9.17) is 5.11 Å². The third-order valence-electron chi connectivity index (χ3n) is 3.64. The molecule has 1 heterocycles. The molecule has 0 aliphatic carbocycles. The molecule has 2 rings (SSSR count). The number of nitrogens with zero attached hydrogens (tertiary/aromatic N) is 3. The van der Waals surface area contributed by atoms with E-state index < -0.39 is 5.97 Å². The molecule has 2 aromatic rings. The molecule has 24 heavy (non-hydrogen) atoms. The maximum Gasteiger partial charge on any atom is 0.323 e. The van der Waals surface area contributed by atoms with Gasteiger partial charge in [0.15, 0.2) is 0 Å². The molecule has 1 aromatic carbocycles. The predicted molar refractivity (Wildman–Crippen MR) is 90.9 cm³/mol. The lowest BCUT2D eigenvalue weighted by Gasteiger charge is -2.21. The first-order chi connectivity index (χ1) is 11.3. The van der Waals surface area contributed by atoms with Crippen LogP contribution in [0.3, 0.4) is 0 Å². The highest BCUT2D eigenvalue weighted by Gasteiger charge is 2.22. The molecule has 0 aliphatic rings. The number of amides is 1. The smallest absolute Gasteiger partial charge is 0.323 e. The van der Waals surface area contributed by atoms with Crippen molar-refractivity contribution in [1.82, 2.24) is 14.7 Å². The summed E-state index contributed by atoms with van der Waals surface area (Å²) < 4.78 is 1.70. The Morgan fingerprint density at radius 2 is 1.88 bits per heavy atom. The first-order valence-corrected chi connectivity index (χ1v) is 7.87. The second-order valence-corrected chi connectivity index (χ2v) is 6.70. The van der Waals surface area contributed by atoms with E-state index in [-0.39, 0.29) is 18.0 Å². The third-order valence-corrected chi connectivity index (χ3v) is 3.64. The highest BCUT2D eigenvalue weighted by Crippen LogP contribution is 2.14. The second kappa shape index (κ2) is 7.29. The van der Waals surface area contributed by atoms with Crippen molar-refractivity contribution in [3.63, 3.8) is 0 Å². The number of aliphatic carboxylic acids is 1. The summed E-state index contributed by atoms with van der Waals surface area (Å²) in [4.78, 5) is 25.1. The molecular formula is C18H23N3O3. The van der Waals surface area contributed by atoms with E-state index >= 15 is 0 Å². The summed E-state index contributed by atoms with van der Waals surface area (Å²) in [6, 6.07) is 9.69. The van der Waals surface area contributed by atoms with E-state index in [0.717, 1.165) is 5.56 Å². The normalized spacial score (nSPS) is 11.3. The van der Waals surface area contributed by atoms with Crippen LogP contribution in [0.4, 0.5) is 0 Å². The Labute approximate surface area is 141 Å². The van der Waals surface area contributed by atoms with Crippen molar-refractivity contribution in [3.8, 4) is 0 Å². The molecule has 0 spiro atoms. The Morgan fingerprint density at radius 3 is 2.42 bits per heavy atom. The number of carboxylic acids is 1. The average Bonchev–Trinajstić information content (AvgIpc) is 3.01. The van der Waals surface area contributed by atoms with Crippen LogP contribution in [0.1, 0.15) is 36.7 Å². The quantitative estimate of drug-likeness (QED) is 0.883. The average molecular weight is 329 g/mol. The van der Waals surface area contributed by atoms with Crippen molar-refractivity contribution in [1.29, 1.82) is 0 Å². The lowest BCUT2D eigenvalue weighted by atomic mass is 10.1. The molecule has 0 saturated carbocycles. The number of hydrogen-bond acceptors (Lipinski definition) is 3. The third kappa shape index (κ3) is 4.68. The highest BCUT2D eigenvalue weighted by molar-refractivity contribution is 5.95. The lowest BCUT2D eigenvalue weighted by molar-refractivity contribution is -0.137. The van der Waals surface area contributed by atoms with Gasteiger partial charge in [-0.05, 0) is 32.8 Å². The molecule has 0 atom stereocenters. The number of hydrogen-bond donors (Lipinski definition) is 1. The number of carboxylic acid groups (broad SMARTS) is 1. The Hall–Kier alpha value is -2.63. The Bertz CT molecular complexity index is 702. The number of rotatable bonds is 6. The minimum atomic E-state index is -1.03. The first kappa shape index (κ1) is 17.7. The lowest BCUT2D eigenvalue weighted by Crippen LogP contribution is -2.37. The van der Waals surface area contributed by atoms with E-state index in [9.17, 15) is 9.59 Å². The van der Waals surface area contributed by atoms with Gasteiger partial charge in [0.25, 0.3) is 5.91 Å². The van der Waals surface area contributed by atoms with E-state index in [1.807, 2.05) is 51.1 Å². The van der Waals surface area contributed by atoms with E-state index in [0.29, 0.717) is 18.5 Å². The van der Waals surface area contributed by atoms with Crippen LogP contribution in [0.5, 0.6) is 0 Å². The Morgan fingerprint density at radius 1 is 1.21 bits per heavy atom. The van der Waals surface area contributed by atoms with Crippen LogP contribution < -0.4 is 0 Å². The standard InChI is InChI=1S/C18H23N3O3/c1-18(2,3)21-12-15(11-19-21)17(24)20(13-16(22)23)10-9-14-7-5-4-6-8-14/h4-8,11-12H,9-10,13H2,1-3H3,(H,22,23). The van der Waals surface area contributed by atoms with Gasteiger partial charge >= 0.3 is 5.97 Å². The van der Waals surface area contributed by atoms with Crippen LogP contribution in [0.25, 0.3) is 0 Å². The van der Waals surface area contributed by atoms with Crippen molar-refractivity contribution in [2.75, 3.05) is 13.1 Å². The fraction of sp³-hybridized carbons (Fsp3) is 0.389. The van der Waals surface area contributed by atoms with Gasteiger partial charge < -0.3 is 10.0 Å². The van der Waals surface area contributed by atoms with Gasteiger partial charge in [0.05, 0.1) is 17.3 Å². The summed E-state index contributed by atoms with van der Waals surface area (Å²) in [5.41, 5.74) is 1.23. The van der Waals surface area contributed by atoms with Crippen LogP contribution in [0.2, 0.25) is 0 Å². The van der Waals surface area contributed by atoms with E-state index in [2.05, 4.69) is 5.10 Å². The summed E-state index contributed by atoms with van der Waals surface area (Å²) in [5, 5.41) is 13.3. The van der Waals surface area contributed by atoms with Gasteiger partial charge in [-0.3, -0.25) is 14.3 Å². The maximum atomic E-state index is 12.7. The van der Waals surface area contributed by atoms with Gasteiger partial charge in [0.2, 0.25) is 0 Å². The molecule has 6 heteroatoms. The van der Waals surface area contributed by atoms with Crippen LogP contribution in [0, 0.1) is 0 Å². The molecule has 0 saturated heterocycles. The summed E-state index contributed by atoms with van der Waals surface area (Å²) >= 11 is 0. The zero-order valence-corrected chi connectivity index (χ0v) is 14.3. The van der Waals surface area contributed by atoms with Crippen LogP contribution in [0.15, 0.2) is 42.7 Å². The van der Waals surface area contributed by atoms with Gasteiger partial charge in [-0.2, -0.15) is 5.10 Å². The zero-order chi connectivity index (χ0) is 17.7. The second-order valence-electron chi connectivity index (χ2n) is 6.70. The van der Waals surface area contributed by atoms with Gasteiger partial charge in [0.1, 0.15) is 6.54 Å². The molecule has 6 nitrogen and oxygen atoms in total. The van der Waals surface area contributed by atoms with Crippen molar-refractivity contribution in [3.05, 3.63) is 53.9 Å². The van der Waals surface area contributed by atoms with Crippen LogP contribution >= 0.6 is 0 Å². The molecule has 0 radical (unpaired) electrons. The number of benzene rings is 1. The maximum absolute atomic E-state index is 12.7. The molecule has 1 N–H and O–H groups in total. The number of aromatic nitrogens is 2. The van der Waals surface area contributed by atoms with E-state index in [1.54, 1.807) is 10.9 Å². The fourth-order valence-electron chi connectivity index (χ4n) is 2.31. The van der Waals surface area contributed by atoms with Crippen LogP contribution in [-0.2, 0) is 16.8 Å². The molecule has 0 bridgehead atoms. The van der Waals surface area contributed by atoms with Gasteiger partial charge in [-0.25, -0.2) is 0 Å². The van der Waals surface area contributed by atoms with Crippen LogP contribution in [-0.4, -0.2) is 44.8 Å². The van der Waals surface area contributed by atoms with E-state index in [1.165, 1.54) is 11.1 Å². The molecule has 0 aliphatic heterocycles. The summed E-state index contributed by atoms with van der Waals surface area (Å²) in [7, 11) is 0. The SMILES string of the molecule is CC(C)(C)n1cc(C(=O)N(CCc2ccccc2)CC(=O)O)cn1. The van der Waals surface area contributed by atoms with Crippen molar-refractivity contribution >= 4 is 11.9 Å². The number of carbonyl (C=O) groups is 2. The summed E-state index contributed by atoms with van der Waals surface area (Å²) in [6.07, 6.45) is 3.76. The molecule has 1 amide bonds. The zero-order valence-electron chi connectivity index (χ0n) is 14.3. The molecule has 128 valence electrons.